The Balaban J connectivity index is 1.87. The van der Waals surface area contributed by atoms with Gasteiger partial charge in [-0.15, -0.1) is 0 Å². The summed E-state index contributed by atoms with van der Waals surface area (Å²) in [5, 5.41) is 37.2. The molecule has 0 aliphatic carbocycles. The third kappa shape index (κ3) is 8.78. The molecular formula is C29H37N5O7. The first-order chi connectivity index (χ1) is 19.5. The highest BCUT2D eigenvalue weighted by Crippen LogP contribution is 2.20. The van der Waals surface area contributed by atoms with Gasteiger partial charge >= 0.3 is 5.97 Å². The molecule has 12 nitrogen and oxygen atoms in total. The van der Waals surface area contributed by atoms with Gasteiger partial charge < -0.3 is 42.0 Å². The fraction of sp³-hybridized carbons (Fsp3) is 0.379. The van der Waals surface area contributed by atoms with Crippen LogP contribution < -0.4 is 21.7 Å². The number of aromatic hydroxyl groups is 1. The second kappa shape index (κ2) is 14.3. The first kappa shape index (κ1) is 31.1. The fourth-order valence-corrected chi connectivity index (χ4v) is 4.41. The third-order valence-electron chi connectivity index (χ3n) is 6.60. The van der Waals surface area contributed by atoms with Crippen molar-refractivity contribution < 1.29 is 34.5 Å². The molecule has 9 N–H and O–H groups in total. The molecule has 0 saturated carbocycles. The topological polar surface area (TPSA) is 207 Å². The monoisotopic (exact) mass is 567 g/mol. The van der Waals surface area contributed by atoms with Gasteiger partial charge in [-0.2, -0.15) is 0 Å². The average Bonchev–Trinajstić information content (AvgIpc) is 3.34. The van der Waals surface area contributed by atoms with Crippen LogP contribution in [0.5, 0.6) is 5.75 Å². The molecule has 3 rings (SSSR count). The van der Waals surface area contributed by atoms with Crippen LogP contribution in [0.2, 0.25) is 0 Å². The minimum Gasteiger partial charge on any atom is -0.508 e. The van der Waals surface area contributed by atoms with Gasteiger partial charge in [0.2, 0.25) is 17.7 Å². The molecule has 4 unspecified atom stereocenters. The number of aliphatic hydroxyl groups is 1. The van der Waals surface area contributed by atoms with E-state index in [0.717, 1.165) is 16.5 Å². The fourth-order valence-electron chi connectivity index (χ4n) is 4.41. The summed E-state index contributed by atoms with van der Waals surface area (Å²) in [6.07, 6.45) is 1.93. The molecule has 0 fully saturated rings. The second-order valence-electron chi connectivity index (χ2n) is 10.4. The Bertz CT molecular complexity index is 1360. The molecule has 3 aromatic rings. The summed E-state index contributed by atoms with van der Waals surface area (Å²) in [5.41, 5.74) is 7.73. The summed E-state index contributed by atoms with van der Waals surface area (Å²) in [5.74, 6) is -3.36. The number of carbonyl (C=O) groups is 4. The van der Waals surface area contributed by atoms with E-state index in [0.29, 0.717) is 5.56 Å². The number of carboxylic acids is 1. The van der Waals surface area contributed by atoms with Gasteiger partial charge in [-0.1, -0.05) is 44.2 Å². The average molecular weight is 568 g/mol. The smallest absolute Gasteiger partial charge is 0.326 e. The highest BCUT2D eigenvalue weighted by molar-refractivity contribution is 5.95. The minimum atomic E-state index is -1.32. The number of hydrogen-bond acceptors (Lipinski definition) is 7. The van der Waals surface area contributed by atoms with E-state index in [1.807, 2.05) is 38.1 Å². The van der Waals surface area contributed by atoms with E-state index < -0.39 is 54.5 Å². The Morgan fingerprint density at radius 1 is 0.854 bits per heavy atom. The summed E-state index contributed by atoms with van der Waals surface area (Å²) >= 11 is 0. The van der Waals surface area contributed by atoms with Crippen molar-refractivity contribution in [2.75, 3.05) is 6.61 Å². The number of carboxylic acid groups (broad SMARTS) is 1. The number of amides is 3. The Morgan fingerprint density at radius 3 is 2.10 bits per heavy atom. The molecule has 0 radical (unpaired) electrons. The highest BCUT2D eigenvalue weighted by atomic mass is 16.4. The number of carbonyl (C=O) groups excluding carboxylic acids is 3. The molecule has 1 heterocycles. The number of hydrogen-bond donors (Lipinski definition) is 8. The number of benzene rings is 2. The van der Waals surface area contributed by atoms with Crippen LogP contribution in [0.25, 0.3) is 10.9 Å². The predicted octanol–water partition coefficient (Wildman–Crippen LogP) is 0.563. The van der Waals surface area contributed by atoms with E-state index in [2.05, 4.69) is 20.9 Å². The lowest BCUT2D eigenvalue weighted by Crippen LogP contribution is -2.58. The molecule has 1 aromatic heterocycles. The normalized spacial score (nSPS) is 14.2. The number of phenolic OH excluding ortho intramolecular Hbond substituents is 1. The standard InChI is InChI=1S/C29H37N5O7/c1-16(2)11-23(32-26(37)21(30)15-35)27(38)33-24(13-18-14-31-22-6-4-3-5-20(18)22)28(39)34-25(29(40)41)12-17-7-9-19(36)10-8-17/h3-10,14,16,21,23-25,31,35-36H,11-13,15,30H2,1-2H3,(H,32,37)(H,33,38)(H,34,39)(H,40,41). The van der Waals surface area contributed by atoms with E-state index in [9.17, 15) is 34.5 Å². The number of aliphatic carboxylic acids is 1. The van der Waals surface area contributed by atoms with Gasteiger partial charge in [-0.25, -0.2) is 4.79 Å². The van der Waals surface area contributed by atoms with Crippen molar-refractivity contribution in [3.63, 3.8) is 0 Å². The van der Waals surface area contributed by atoms with Gasteiger partial charge in [0.1, 0.15) is 29.9 Å². The predicted molar refractivity (Wildman–Crippen MR) is 152 cm³/mol. The van der Waals surface area contributed by atoms with Crippen molar-refractivity contribution in [2.45, 2.75) is 57.3 Å². The van der Waals surface area contributed by atoms with Crippen LogP contribution in [-0.4, -0.2) is 74.8 Å². The largest absolute Gasteiger partial charge is 0.508 e. The minimum absolute atomic E-state index is 0.0148. The molecule has 220 valence electrons. The van der Waals surface area contributed by atoms with Gasteiger partial charge in [0, 0.05) is 29.9 Å². The maximum atomic E-state index is 13.5. The Morgan fingerprint density at radius 2 is 1.46 bits per heavy atom. The zero-order chi connectivity index (χ0) is 30.1. The third-order valence-corrected chi connectivity index (χ3v) is 6.60. The number of aromatic nitrogens is 1. The first-order valence-electron chi connectivity index (χ1n) is 13.3. The summed E-state index contributed by atoms with van der Waals surface area (Å²) in [7, 11) is 0. The van der Waals surface area contributed by atoms with Gasteiger partial charge in [-0.05, 0) is 41.7 Å². The van der Waals surface area contributed by atoms with Gasteiger partial charge in [0.15, 0.2) is 0 Å². The van der Waals surface area contributed by atoms with Gasteiger partial charge in [-0.3, -0.25) is 14.4 Å². The molecule has 0 aliphatic heterocycles. The lowest BCUT2D eigenvalue weighted by molar-refractivity contribution is -0.142. The summed E-state index contributed by atoms with van der Waals surface area (Å²) in [4.78, 5) is 54.5. The van der Waals surface area contributed by atoms with Crippen molar-refractivity contribution in [2.24, 2.45) is 11.7 Å². The van der Waals surface area contributed by atoms with E-state index in [1.54, 1.807) is 18.3 Å². The van der Waals surface area contributed by atoms with E-state index in [-0.39, 0.29) is 30.9 Å². The number of rotatable bonds is 14. The van der Waals surface area contributed by atoms with Crippen LogP contribution in [-0.2, 0) is 32.0 Å². The number of aromatic amines is 1. The molecular weight excluding hydrogens is 530 g/mol. The van der Waals surface area contributed by atoms with Crippen LogP contribution in [0.4, 0.5) is 0 Å². The lowest BCUT2D eigenvalue weighted by Gasteiger charge is -2.26. The maximum Gasteiger partial charge on any atom is 0.326 e. The van der Waals surface area contributed by atoms with E-state index in [1.165, 1.54) is 12.1 Å². The zero-order valence-electron chi connectivity index (χ0n) is 23.0. The SMILES string of the molecule is CC(C)CC(NC(=O)C(N)CO)C(=O)NC(Cc1c[nH]c2ccccc12)C(=O)NC(Cc1ccc(O)cc1)C(=O)O. The summed E-state index contributed by atoms with van der Waals surface area (Å²) < 4.78 is 0. The molecule has 41 heavy (non-hydrogen) atoms. The molecule has 4 atom stereocenters. The van der Waals surface area contributed by atoms with Crippen molar-refractivity contribution in [1.82, 2.24) is 20.9 Å². The van der Waals surface area contributed by atoms with Crippen LogP contribution in [0, 0.1) is 5.92 Å². The van der Waals surface area contributed by atoms with Gasteiger partial charge in [0.05, 0.1) is 6.61 Å². The number of phenols is 1. The maximum absolute atomic E-state index is 13.5. The number of H-pyrrole nitrogens is 1. The van der Waals surface area contributed by atoms with Crippen LogP contribution in [0.3, 0.4) is 0 Å². The molecule has 0 aliphatic rings. The van der Waals surface area contributed by atoms with Crippen LogP contribution >= 0.6 is 0 Å². The molecule has 0 saturated heterocycles. The van der Waals surface area contributed by atoms with Crippen molar-refractivity contribution in [3.05, 3.63) is 65.9 Å². The lowest BCUT2D eigenvalue weighted by atomic mass is 10.00. The zero-order valence-corrected chi connectivity index (χ0v) is 23.0. The summed E-state index contributed by atoms with van der Waals surface area (Å²) in [6.45, 7) is 3.11. The Hall–Kier alpha value is -4.42. The van der Waals surface area contributed by atoms with Crippen molar-refractivity contribution in [1.29, 1.82) is 0 Å². The number of nitrogens with one attached hydrogen (secondary N) is 4. The molecule has 2 aromatic carbocycles. The molecule has 0 bridgehead atoms. The summed E-state index contributed by atoms with van der Waals surface area (Å²) in [6, 6.07) is 8.58. The van der Waals surface area contributed by atoms with Crippen molar-refractivity contribution in [3.8, 4) is 5.75 Å². The number of aliphatic hydroxyl groups excluding tert-OH is 1. The quantitative estimate of drug-likeness (QED) is 0.138. The van der Waals surface area contributed by atoms with E-state index >= 15 is 0 Å². The number of para-hydroxylation sites is 1. The Kier molecular flexibility index (Phi) is 10.8. The van der Waals surface area contributed by atoms with Crippen LogP contribution in [0.1, 0.15) is 31.4 Å². The Labute approximate surface area is 237 Å². The first-order valence-corrected chi connectivity index (χ1v) is 13.3. The highest BCUT2D eigenvalue weighted by Gasteiger charge is 2.31. The van der Waals surface area contributed by atoms with Crippen molar-refractivity contribution >= 4 is 34.6 Å². The molecule has 3 amide bonds. The molecule has 0 spiro atoms. The second-order valence-corrected chi connectivity index (χ2v) is 10.4. The van der Waals surface area contributed by atoms with Crippen LogP contribution in [0.15, 0.2) is 54.7 Å². The number of fused-ring (bicyclic) bond motifs is 1. The van der Waals surface area contributed by atoms with E-state index in [4.69, 9.17) is 5.73 Å². The van der Waals surface area contributed by atoms with Gasteiger partial charge in [0.25, 0.3) is 0 Å². The number of nitrogens with two attached hydrogens (primary N) is 1. The molecule has 12 heteroatoms.